The molecule has 0 radical (unpaired) electrons. The van der Waals surface area contributed by atoms with Crippen molar-refractivity contribution < 1.29 is 23.7 Å². The Morgan fingerprint density at radius 3 is 2.44 bits per heavy atom. The van der Waals surface area contributed by atoms with Gasteiger partial charge in [-0.25, -0.2) is 4.79 Å². The van der Waals surface area contributed by atoms with Gasteiger partial charge in [0.15, 0.2) is 6.10 Å². The van der Waals surface area contributed by atoms with E-state index >= 15 is 0 Å². The molecule has 1 aromatic rings. The fraction of sp³-hybridized carbons (Fsp3) is 0.462. The van der Waals surface area contributed by atoms with E-state index < -0.39 is 24.2 Å². The average molecular weight is 252 g/mol. The van der Waals surface area contributed by atoms with Crippen LogP contribution in [0, 0.1) is 0 Å². The van der Waals surface area contributed by atoms with E-state index in [-0.39, 0.29) is 0 Å². The van der Waals surface area contributed by atoms with Crippen LogP contribution in [-0.2, 0) is 23.7 Å². The second-order valence-corrected chi connectivity index (χ2v) is 4.08. The van der Waals surface area contributed by atoms with Crippen molar-refractivity contribution >= 4 is 5.97 Å². The van der Waals surface area contributed by atoms with Crippen molar-refractivity contribution in [2.45, 2.75) is 25.1 Å². The molecular weight excluding hydrogens is 236 g/mol. The van der Waals surface area contributed by atoms with Gasteiger partial charge in [0.05, 0.1) is 7.11 Å². The molecule has 5 heteroatoms. The molecule has 3 atom stereocenters. The highest BCUT2D eigenvalue weighted by molar-refractivity contribution is 5.76. The molecule has 5 nitrogen and oxygen atoms in total. The third-order valence-electron chi connectivity index (χ3n) is 2.89. The van der Waals surface area contributed by atoms with Gasteiger partial charge in [-0.05, 0) is 5.56 Å². The van der Waals surface area contributed by atoms with E-state index in [1.54, 1.807) is 6.92 Å². The Morgan fingerprint density at radius 2 is 1.89 bits per heavy atom. The topological polar surface area (TPSA) is 54.0 Å². The van der Waals surface area contributed by atoms with Crippen molar-refractivity contribution in [3.63, 3.8) is 0 Å². The Hall–Kier alpha value is -1.43. The Labute approximate surface area is 106 Å². The summed E-state index contributed by atoms with van der Waals surface area (Å²) in [6, 6.07) is 9.36. The summed E-state index contributed by atoms with van der Waals surface area (Å²) in [5.74, 6) is -1.72. The lowest BCUT2D eigenvalue weighted by Crippen LogP contribution is -2.31. The van der Waals surface area contributed by atoms with Crippen LogP contribution in [-0.4, -0.2) is 32.3 Å². The van der Waals surface area contributed by atoms with Crippen LogP contribution in [0.3, 0.4) is 0 Å². The lowest BCUT2D eigenvalue weighted by atomic mass is 10.0. The molecule has 0 spiro atoms. The summed E-state index contributed by atoms with van der Waals surface area (Å²) in [6.45, 7) is 1.62. The quantitative estimate of drug-likeness (QED) is 0.765. The maximum Gasteiger partial charge on any atom is 0.338 e. The molecule has 0 bridgehead atoms. The minimum absolute atomic E-state index is 0.482. The third-order valence-corrected chi connectivity index (χ3v) is 2.89. The standard InChI is InChI=1S/C13H16O5/c1-13(16-3)17-10(9-7-5-4-6-8-9)11(18-13)12(14)15-2/h4-8,10-11H,1-3H3/t10-,11+,13?/m0/s1. The zero-order valence-corrected chi connectivity index (χ0v) is 10.6. The van der Waals surface area contributed by atoms with Crippen LogP contribution in [0.1, 0.15) is 18.6 Å². The van der Waals surface area contributed by atoms with Crippen molar-refractivity contribution in [1.82, 2.24) is 0 Å². The molecule has 98 valence electrons. The summed E-state index contributed by atoms with van der Waals surface area (Å²) < 4.78 is 21.0. The zero-order valence-electron chi connectivity index (χ0n) is 10.6. The highest BCUT2D eigenvalue weighted by atomic mass is 16.9. The summed E-state index contributed by atoms with van der Waals surface area (Å²) in [4.78, 5) is 11.7. The van der Waals surface area contributed by atoms with Gasteiger partial charge in [-0.3, -0.25) is 0 Å². The highest BCUT2D eigenvalue weighted by Crippen LogP contribution is 2.39. The van der Waals surface area contributed by atoms with E-state index in [1.807, 2.05) is 30.3 Å². The van der Waals surface area contributed by atoms with Crippen molar-refractivity contribution in [2.24, 2.45) is 0 Å². The van der Waals surface area contributed by atoms with Crippen LogP contribution in [0.2, 0.25) is 0 Å². The SMILES string of the molecule is COC(=O)[C@@H]1OC(C)(OC)O[C@H]1c1ccccc1. The number of hydrogen-bond acceptors (Lipinski definition) is 5. The van der Waals surface area contributed by atoms with Gasteiger partial charge in [-0.15, -0.1) is 0 Å². The van der Waals surface area contributed by atoms with E-state index in [4.69, 9.17) is 18.9 Å². The van der Waals surface area contributed by atoms with Crippen LogP contribution in [0.4, 0.5) is 0 Å². The second kappa shape index (κ2) is 5.06. The average Bonchev–Trinajstić information content (AvgIpc) is 2.78. The van der Waals surface area contributed by atoms with Gasteiger partial charge in [0.2, 0.25) is 0 Å². The first-order valence-corrected chi connectivity index (χ1v) is 5.63. The smallest absolute Gasteiger partial charge is 0.338 e. The first-order chi connectivity index (χ1) is 8.59. The molecule has 1 unspecified atom stereocenters. The molecule has 0 aromatic heterocycles. The summed E-state index contributed by atoms with van der Waals surface area (Å²) >= 11 is 0. The summed E-state index contributed by atoms with van der Waals surface area (Å²) in [7, 11) is 2.78. The number of hydrogen-bond donors (Lipinski definition) is 0. The highest BCUT2D eigenvalue weighted by Gasteiger charge is 2.49. The van der Waals surface area contributed by atoms with Crippen LogP contribution < -0.4 is 0 Å². The monoisotopic (exact) mass is 252 g/mol. The minimum atomic E-state index is -1.24. The molecule has 0 saturated carbocycles. The van der Waals surface area contributed by atoms with Gasteiger partial charge in [0.1, 0.15) is 6.10 Å². The summed E-state index contributed by atoms with van der Waals surface area (Å²) in [5.41, 5.74) is 0.841. The molecule has 0 amide bonds. The van der Waals surface area contributed by atoms with Crippen LogP contribution in [0.5, 0.6) is 0 Å². The van der Waals surface area contributed by atoms with Crippen molar-refractivity contribution in [2.75, 3.05) is 14.2 Å². The Kier molecular flexibility index (Phi) is 3.65. The third kappa shape index (κ3) is 2.38. The number of benzene rings is 1. The van der Waals surface area contributed by atoms with Gasteiger partial charge >= 0.3 is 5.97 Å². The predicted molar refractivity (Wildman–Crippen MR) is 62.6 cm³/mol. The molecular formula is C13H16O5. The van der Waals surface area contributed by atoms with E-state index in [0.29, 0.717) is 0 Å². The predicted octanol–water partition coefficient (Wildman–Crippen LogP) is 1.64. The lowest BCUT2D eigenvalue weighted by molar-refractivity contribution is -0.318. The van der Waals surface area contributed by atoms with Crippen molar-refractivity contribution in [1.29, 1.82) is 0 Å². The fourth-order valence-electron chi connectivity index (χ4n) is 1.88. The van der Waals surface area contributed by atoms with Gasteiger partial charge in [-0.1, -0.05) is 30.3 Å². The number of rotatable bonds is 3. The molecule has 0 N–H and O–H groups in total. The first kappa shape index (κ1) is 13.0. The maximum absolute atomic E-state index is 11.7. The van der Waals surface area contributed by atoms with Gasteiger partial charge in [-0.2, -0.15) is 0 Å². The molecule has 1 heterocycles. The number of carbonyl (C=O) groups excluding carboxylic acids is 1. The van der Waals surface area contributed by atoms with E-state index in [9.17, 15) is 4.79 Å². The molecule has 1 aliphatic rings. The van der Waals surface area contributed by atoms with Gasteiger partial charge < -0.3 is 18.9 Å². The van der Waals surface area contributed by atoms with Crippen LogP contribution in [0.15, 0.2) is 30.3 Å². The maximum atomic E-state index is 11.7. The van der Waals surface area contributed by atoms with E-state index in [1.165, 1.54) is 14.2 Å². The number of carbonyl (C=O) groups is 1. The van der Waals surface area contributed by atoms with Crippen LogP contribution in [0.25, 0.3) is 0 Å². The molecule has 18 heavy (non-hydrogen) atoms. The second-order valence-electron chi connectivity index (χ2n) is 4.08. The van der Waals surface area contributed by atoms with Gasteiger partial charge in [0, 0.05) is 14.0 Å². The normalized spacial score (nSPS) is 31.3. The lowest BCUT2D eigenvalue weighted by Gasteiger charge is -2.20. The molecule has 0 aliphatic carbocycles. The van der Waals surface area contributed by atoms with Crippen molar-refractivity contribution in [3.8, 4) is 0 Å². The zero-order chi connectivity index (χ0) is 13.2. The van der Waals surface area contributed by atoms with E-state index in [0.717, 1.165) is 5.56 Å². The molecule has 1 saturated heterocycles. The molecule has 1 fully saturated rings. The summed E-state index contributed by atoms with van der Waals surface area (Å²) in [5, 5.41) is 0. The number of ether oxygens (including phenoxy) is 4. The first-order valence-electron chi connectivity index (χ1n) is 5.63. The molecule has 2 rings (SSSR count). The Balaban J connectivity index is 2.29. The Bertz CT molecular complexity index is 419. The fourth-order valence-corrected chi connectivity index (χ4v) is 1.88. The summed E-state index contributed by atoms with van der Waals surface area (Å²) in [6.07, 6.45) is -1.37. The molecule has 1 aliphatic heterocycles. The van der Waals surface area contributed by atoms with Gasteiger partial charge in [0.25, 0.3) is 5.97 Å². The van der Waals surface area contributed by atoms with Crippen molar-refractivity contribution in [3.05, 3.63) is 35.9 Å². The largest absolute Gasteiger partial charge is 0.467 e. The Morgan fingerprint density at radius 1 is 1.22 bits per heavy atom. The number of esters is 1. The van der Waals surface area contributed by atoms with E-state index in [2.05, 4.69) is 0 Å². The van der Waals surface area contributed by atoms with Crippen LogP contribution >= 0.6 is 0 Å². The number of methoxy groups -OCH3 is 2. The molecule has 1 aromatic carbocycles. The minimum Gasteiger partial charge on any atom is -0.467 e.